The lowest BCUT2D eigenvalue weighted by Crippen LogP contribution is -2.17. The Morgan fingerprint density at radius 2 is 1.88 bits per heavy atom. The molecule has 0 aliphatic rings. The van der Waals surface area contributed by atoms with Crippen molar-refractivity contribution in [2.45, 2.75) is 0 Å². The van der Waals surface area contributed by atoms with Crippen LogP contribution in [-0.4, -0.2) is 22.3 Å². The molecule has 124 valence electrons. The number of H-pyrrole nitrogens is 1. The second-order valence-corrected chi connectivity index (χ2v) is 5.60. The van der Waals surface area contributed by atoms with Gasteiger partial charge in [-0.1, -0.05) is 60.1 Å². The summed E-state index contributed by atoms with van der Waals surface area (Å²) < 4.78 is 0. The number of rotatable bonds is 5. The van der Waals surface area contributed by atoms with Crippen molar-refractivity contribution in [2.75, 3.05) is 0 Å². The first-order valence-corrected chi connectivity index (χ1v) is 7.96. The Labute approximate surface area is 150 Å². The normalized spacial score (nSPS) is 11.2. The fraction of sp³-hybridized carbons (Fsp3) is 0. The Hall–Kier alpha value is -3.18. The number of carbonyl (C=O) groups is 1. The van der Waals surface area contributed by atoms with E-state index < -0.39 is 0 Å². The van der Waals surface area contributed by atoms with Crippen molar-refractivity contribution >= 4 is 29.8 Å². The molecule has 1 heterocycles. The zero-order valence-corrected chi connectivity index (χ0v) is 13.9. The molecular weight excluding hydrogens is 336 g/mol. The van der Waals surface area contributed by atoms with Gasteiger partial charge in [-0.2, -0.15) is 10.2 Å². The van der Waals surface area contributed by atoms with Gasteiger partial charge in [0.15, 0.2) is 0 Å². The van der Waals surface area contributed by atoms with Crippen LogP contribution in [0.25, 0.3) is 17.3 Å². The smallest absolute Gasteiger partial charge is 0.272 e. The van der Waals surface area contributed by atoms with Gasteiger partial charge in [-0.25, -0.2) is 5.43 Å². The lowest BCUT2D eigenvalue weighted by molar-refractivity contribution is 0.0950. The minimum absolute atomic E-state index is 0.328. The Bertz CT molecular complexity index is 899. The number of carbonyl (C=O) groups excluding carboxylic acids is 1. The molecule has 3 rings (SSSR count). The number of amides is 1. The van der Waals surface area contributed by atoms with E-state index in [4.69, 9.17) is 11.6 Å². The van der Waals surface area contributed by atoms with Gasteiger partial charge in [-0.3, -0.25) is 9.89 Å². The Morgan fingerprint density at radius 1 is 1.12 bits per heavy atom. The second kappa shape index (κ2) is 8.08. The summed E-state index contributed by atoms with van der Waals surface area (Å²) in [4.78, 5) is 12.0. The van der Waals surface area contributed by atoms with E-state index in [2.05, 4.69) is 20.7 Å². The molecule has 0 aliphatic carbocycles. The van der Waals surface area contributed by atoms with Gasteiger partial charge >= 0.3 is 0 Å². The first kappa shape index (κ1) is 16.7. The van der Waals surface area contributed by atoms with E-state index in [0.29, 0.717) is 16.4 Å². The van der Waals surface area contributed by atoms with Crippen LogP contribution in [0.1, 0.15) is 16.1 Å². The van der Waals surface area contributed by atoms with Gasteiger partial charge in [0.1, 0.15) is 5.69 Å². The summed E-state index contributed by atoms with van der Waals surface area (Å²) in [6.45, 7) is 0. The molecule has 0 saturated heterocycles. The molecule has 3 aromatic rings. The molecule has 0 saturated carbocycles. The summed E-state index contributed by atoms with van der Waals surface area (Å²) in [6, 6.07) is 18.7. The predicted octanol–water partition coefficient (Wildman–Crippen LogP) is 4.16. The van der Waals surface area contributed by atoms with Crippen molar-refractivity contribution < 1.29 is 4.79 Å². The number of hydrogen-bond donors (Lipinski definition) is 2. The summed E-state index contributed by atoms with van der Waals surface area (Å²) in [5, 5.41) is 11.4. The maximum Gasteiger partial charge on any atom is 0.289 e. The fourth-order valence-electron chi connectivity index (χ4n) is 2.12. The van der Waals surface area contributed by atoms with Gasteiger partial charge in [-0.15, -0.1) is 0 Å². The fourth-order valence-corrected chi connectivity index (χ4v) is 2.25. The Kier molecular flexibility index (Phi) is 5.39. The zero-order chi connectivity index (χ0) is 17.5. The van der Waals surface area contributed by atoms with Crippen molar-refractivity contribution in [1.82, 2.24) is 15.6 Å². The average molecular weight is 351 g/mol. The number of nitrogens with zero attached hydrogens (tertiary/aromatic N) is 2. The molecule has 0 bridgehead atoms. The number of aromatic amines is 1. The van der Waals surface area contributed by atoms with E-state index in [-0.39, 0.29) is 5.91 Å². The average Bonchev–Trinajstić information content (AvgIpc) is 3.13. The van der Waals surface area contributed by atoms with Crippen molar-refractivity contribution in [1.29, 1.82) is 0 Å². The molecule has 1 aromatic heterocycles. The van der Waals surface area contributed by atoms with E-state index in [9.17, 15) is 4.79 Å². The Morgan fingerprint density at radius 3 is 2.64 bits per heavy atom. The van der Waals surface area contributed by atoms with E-state index in [1.54, 1.807) is 24.3 Å². The number of nitrogens with one attached hydrogen (secondary N) is 2. The monoisotopic (exact) mass is 350 g/mol. The number of hydrazone groups is 1. The van der Waals surface area contributed by atoms with Gasteiger partial charge in [0.2, 0.25) is 0 Å². The molecule has 0 atom stereocenters. The molecule has 25 heavy (non-hydrogen) atoms. The molecule has 0 unspecified atom stereocenters. The third kappa shape index (κ3) is 4.65. The van der Waals surface area contributed by atoms with Crippen LogP contribution in [0.2, 0.25) is 5.02 Å². The van der Waals surface area contributed by atoms with Crippen molar-refractivity contribution in [3.63, 3.8) is 0 Å². The zero-order valence-electron chi connectivity index (χ0n) is 13.2. The highest BCUT2D eigenvalue weighted by atomic mass is 35.5. The van der Waals surface area contributed by atoms with Gasteiger partial charge in [0, 0.05) is 16.8 Å². The molecule has 0 spiro atoms. The summed E-state index contributed by atoms with van der Waals surface area (Å²) >= 11 is 5.86. The molecule has 6 heteroatoms. The molecule has 0 aliphatic heterocycles. The van der Waals surface area contributed by atoms with Gasteiger partial charge in [-0.05, 0) is 29.8 Å². The van der Waals surface area contributed by atoms with Crippen LogP contribution in [-0.2, 0) is 0 Å². The Balaban J connectivity index is 1.57. The molecule has 0 fully saturated rings. The number of benzene rings is 2. The highest BCUT2D eigenvalue weighted by Crippen LogP contribution is 2.20. The summed E-state index contributed by atoms with van der Waals surface area (Å²) in [7, 11) is 0. The molecule has 5 nitrogen and oxygen atoms in total. The molecule has 2 aromatic carbocycles. The van der Waals surface area contributed by atoms with Crippen LogP contribution in [0, 0.1) is 0 Å². The quantitative estimate of drug-likeness (QED) is 0.536. The van der Waals surface area contributed by atoms with E-state index in [1.165, 1.54) is 6.21 Å². The summed E-state index contributed by atoms with van der Waals surface area (Å²) in [5.41, 5.74) is 5.36. The molecule has 1 amide bonds. The SMILES string of the molecule is O=C(NN=CC=Cc1ccccc1)c1cc(-c2ccc(Cl)cc2)n[nH]1. The maximum atomic E-state index is 12.0. The van der Waals surface area contributed by atoms with Crippen molar-refractivity contribution in [3.8, 4) is 11.3 Å². The standard InChI is InChI=1S/C19H15ClN4O/c20-16-10-8-15(9-11-16)17-13-18(23-22-17)19(25)24-21-12-4-7-14-5-2-1-3-6-14/h1-13H,(H,22,23)(H,24,25). The van der Waals surface area contributed by atoms with Crippen LogP contribution in [0.15, 0.2) is 71.8 Å². The minimum Gasteiger partial charge on any atom is -0.272 e. The molecular formula is C19H15ClN4O. The van der Waals surface area contributed by atoms with E-state index in [0.717, 1.165) is 11.1 Å². The number of allylic oxidation sites excluding steroid dienone is 1. The predicted molar refractivity (Wildman–Crippen MR) is 100 cm³/mol. The first-order chi connectivity index (χ1) is 12.2. The first-order valence-electron chi connectivity index (χ1n) is 7.59. The van der Waals surface area contributed by atoms with Crippen molar-refractivity contribution in [3.05, 3.63) is 83.0 Å². The van der Waals surface area contributed by atoms with Crippen LogP contribution in [0.4, 0.5) is 0 Å². The van der Waals surface area contributed by atoms with Gasteiger partial charge in [0.05, 0.1) is 5.69 Å². The maximum absolute atomic E-state index is 12.0. The highest BCUT2D eigenvalue weighted by Gasteiger charge is 2.10. The van der Waals surface area contributed by atoms with E-state index >= 15 is 0 Å². The second-order valence-electron chi connectivity index (χ2n) is 5.16. The van der Waals surface area contributed by atoms with Crippen LogP contribution >= 0.6 is 11.6 Å². The molecule has 0 radical (unpaired) electrons. The van der Waals surface area contributed by atoms with Gasteiger partial charge < -0.3 is 0 Å². The topological polar surface area (TPSA) is 70.1 Å². The lowest BCUT2D eigenvalue weighted by atomic mass is 10.1. The molecule has 2 N–H and O–H groups in total. The highest BCUT2D eigenvalue weighted by molar-refractivity contribution is 6.30. The van der Waals surface area contributed by atoms with Gasteiger partial charge in [0.25, 0.3) is 5.91 Å². The largest absolute Gasteiger partial charge is 0.289 e. The summed E-state index contributed by atoms with van der Waals surface area (Å²) in [5.74, 6) is -0.364. The van der Waals surface area contributed by atoms with Crippen molar-refractivity contribution in [2.24, 2.45) is 5.10 Å². The number of hydrogen-bond acceptors (Lipinski definition) is 3. The minimum atomic E-state index is -0.364. The number of halogens is 1. The number of aromatic nitrogens is 2. The van der Waals surface area contributed by atoms with Crippen LogP contribution in [0.3, 0.4) is 0 Å². The van der Waals surface area contributed by atoms with Crippen LogP contribution < -0.4 is 5.43 Å². The lowest BCUT2D eigenvalue weighted by Gasteiger charge is -1.95. The third-order valence-electron chi connectivity index (χ3n) is 3.38. The third-order valence-corrected chi connectivity index (χ3v) is 3.63. The van der Waals surface area contributed by atoms with E-state index in [1.807, 2.05) is 48.5 Å². The van der Waals surface area contributed by atoms with Crippen LogP contribution in [0.5, 0.6) is 0 Å². The summed E-state index contributed by atoms with van der Waals surface area (Å²) in [6.07, 6.45) is 5.16.